The largest absolute Gasteiger partial charge is 0.462 e. The Morgan fingerprint density at radius 1 is 0.931 bits per heavy atom. The molecule has 3 rings (SSSR count). The van der Waals surface area contributed by atoms with Crippen molar-refractivity contribution in [2.75, 3.05) is 13.2 Å². The predicted molar refractivity (Wildman–Crippen MR) is 109 cm³/mol. The van der Waals surface area contributed by atoms with Crippen LogP contribution in [0.4, 0.5) is 0 Å². The second-order valence-electron chi connectivity index (χ2n) is 6.64. The lowest BCUT2D eigenvalue weighted by Gasteiger charge is -2.11. The van der Waals surface area contributed by atoms with Gasteiger partial charge in [0, 0.05) is 17.8 Å². The van der Waals surface area contributed by atoms with Gasteiger partial charge in [0.25, 0.3) is 0 Å². The summed E-state index contributed by atoms with van der Waals surface area (Å²) in [7, 11) is 0. The van der Waals surface area contributed by atoms with Crippen LogP contribution in [0.15, 0.2) is 42.7 Å². The van der Waals surface area contributed by atoms with Crippen molar-refractivity contribution in [1.82, 2.24) is 14.5 Å². The topological polar surface area (TPSA) is 83.3 Å². The molecule has 0 saturated carbocycles. The molecular formula is C22H25N3O4. The van der Waals surface area contributed by atoms with Crippen molar-refractivity contribution in [3.8, 4) is 5.95 Å². The van der Waals surface area contributed by atoms with Crippen LogP contribution in [0.5, 0.6) is 0 Å². The van der Waals surface area contributed by atoms with Crippen molar-refractivity contribution in [3.63, 3.8) is 0 Å². The fourth-order valence-electron chi connectivity index (χ4n) is 2.96. The second-order valence-corrected chi connectivity index (χ2v) is 6.64. The molecule has 3 aromatic rings. The molecule has 0 aliphatic rings. The Hall–Kier alpha value is -3.22. The number of unbranched alkanes of at least 4 members (excludes halogenated alkanes) is 2. The van der Waals surface area contributed by atoms with Gasteiger partial charge in [-0.15, -0.1) is 0 Å². The van der Waals surface area contributed by atoms with Crippen molar-refractivity contribution in [3.05, 3.63) is 54.0 Å². The zero-order valence-corrected chi connectivity index (χ0v) is 16.8. The highest BCUT2D eigenvalue weighted by Crippen LogP contribution is 2.27. The number of aromatic nitrogens is 3. The van der Waals surface area contributed by atoms with Crippen LogP contribution in [0, 0.1) is 0 Å². The van der Waals surface area contributed by atoms with E-state index in [1.807, 2.05) is 19.9 Å². The molecule has 0 unspecified atom stereocenters. The monoisotopic (exact) mass is 395 g/mol. The molecule has 7 heteroatoms. The quantitative estimate of drug-likeness (QED) is 0.396. The van der Waals surface area contributed by atoms with Crippen molar-refractivity contribution in [2.45, 2.75) is 39.5 Å². The summed E-state index contributed by atoms with van der Waals surface area (Å²) in [5.74, 6) is -0.628. The number of carbonyl (C=O) groups excluding carboxylic acids is 2. The van der Waals surface area contributed by atoms with Gasteiger partial charge in [-0.3, -0.25) is 4.57 Å². The Morgan fingerprint density at radius 3 is 2.24 bits per heavy atom. The van der Waals surface area contributed by atoms with E-state index in [1.54, 1.807) is 41.2 Å². The van der Waals surface area contributed by atoms with E-state index in [1.165, 1.54) is 0 Å². The van der Waals surface area contributed by atoms with Crippen LogP contribution in [0.1, 0.15) is 60.4 Å². The molecular weight excluding hydrogens is 370 g/mol. The first kappa shape index (κ1) is 20.5. The van der Waals surface area contributed by atoms with E-state index < -0.39 is 11.9 Å². The molecule has 0 aliphatic carbocycles. The number of rotatable bonds is 9. The number of ether oxygens (including phenoxy) is 2. The van der Waals surface area contributed by atoms with Gasteiger partial charge in [0.15, 0.2) is 0 Å². The first-order valence-electron chi connectivity index (χ1n) is 9.93. The van der Waals surface area contributed by atoms with Gasteiger partial charge in [-0.2, -0.15) is 0 Å². The molecule has 152 valence electrons. The van der Waals surface area contributed by atoms with Crippen molar-refractivity contribution in [2.24, 2.45) is 0 Å². The molecule has 2 aromatic heterocycles. The molecule has 0 fully saturated rings. The summed E-state index contributed by atoms with van der Waals surface area (Å²) in [6.07, 6.45) is 6.60. The molecule has 7 nitrogen and oxygen atoms in total. The molecule has 29 heavy (non-hydrogen) atoms. The third-order valence-corrected chi connectivity index (χ3v) is 4.47. The maximum absolute atomic E-state index is 12.8. The highest BCUT2D eigenvalue weighted by atomic mass is 16.5. The number of benzene rings is 1. The van der Waals surface area contributed by atoms with Crippen LogP contribution in [0.25, 0.3) is 16.9 Å². The fraction of sp³-hybridized carbons (Fsp3) is 0.364. The Kier molecular flexibility index (Phi) is 6.94. The Labute approximate surface area is 169 Å². The van der Waals surface area contributed by atoms with Gasteiger partial charge >= 0.3 is 11.9 Å². The summed E-state index contributed by atoms with van der Waals surface area (Å²) in [5, 5.41) is 0.713. The van der Waals surface area contributed by atoms with Gasteiger partial charge in [-0.1, -0.05) is 38.8 Å². The Morgan fingerprint density at radius 2 is 1.59 bits per heavy atom. The van der Waals surface area contributed by atoms with Crippen LogP contribution >= 0.6 is 0 Å². The summed E-state index contributed by atoms with van der Waals surface area (Å²) in [5.41, 5.74) is 1.16. The van der Waals surface area contributed by atoms with E-state index in [2.05, 4.69) is 9.97 Å². The highest BCUT2D eigenvalue weighted by molar-refractivity contribution is 6.06. The molecule has 0 saturated heterocycles. The van der Waals surface area contributed by atoms with Gasteiger partial charge in [-0.05, 0) is 31.0 Å². The lowest BCUT2D eigenvalue weighted by atomic mass is 10.1. The summed E-state index contributed by atoms with van der Waals surface area (Å²) < 4.78 is 12.4. The van der Waals surface area contributed by atoms with Gasteiger partial charge in [-0.25, -0.2) is 19.6 Å². The van der Waals surface area contributed by atoms with Crippen LogP contribution in [0.3, 0.4) is 0 Å². The lowest BCUT2D eigenvalue weighted by molar-refractivity contribution is 0.0482. The van der Waals surface area contributed by atoms with Gasteiger partial charge < -0.3 is 9.47 Å². The number of carbonyl (C=O) groups is 2. The average Bonchev–Trinajstić information content (AvgIpc) is 3.14. The number of esters is 2. The maximum Gasteiger partial charge on any atom is 0.355 e. The Bertz CT molecular complexity index is 982. The average molecular weight is 395 g/mol. The molecule has 1 aromatic carbocycles. The molecule has 0 N–H and O–H groups in total. The molecule has 0 aliphatic heterocycles. The minimum absolute atomic E-state index is 0.274. The third kappa shape index (κ3) is 4.62. The molecule has 0 amide bonds. The standard InChI is InChI=1S/C22H25N3O4/c1-3-5-13-28-20(26)17-10-7-9-16-15-18(21(27)29-14-6-4-2)25(19(16)17)22-23-11-8-12-24-22/h7-12,15H,3-6,13-14H2,1-2H3. The molecule has 0 radical (unpaired) electrons. The summed E-state index contributed by atoms with van der Waals surface area (Å²) in [4.78, 5) is 34.0. The number of fused-ring (bicyclic) bond motifs is 1. The third-order valence-electron chi connectivity index (χ3n) is 4.47. The number of hydrogen-bond donors (Lipinski definition) is 0. The minimum atomic E-state index is -0.479. The number of nitrogens with zero attached hydrogens (tertiary/aromatic N) is 3. The normalized spacial score (nSPS) is 10.8. The molecule has 0 spiro atoms. The summed E-state index contributed by atoms with van der Waals surface area (Å²) >= 11 is 0. The lowest BCUT2D eigenvalue weighted by Crippen LogP contribution is -2.15. The SMILES string of the molecule is CCCCOC(=O)c1cccc2cc(C(=O)OCCCC)n(-c3ncccn3)c12. The number of para-hydroxylation sites is 1. The second kappa shape index (κ2) is 9.82. The Balaban J connectivity index is 2.11. The van der Waals surface area contributed by atoms with Crippen LogP contribution in [-0.2, 0) is 9.47 Å². The van der Waals surface area contributed by atoms with Crippen molar-refractivity contribution >= 4 is 22.8 Å². The van der Waals surface area contributed by atoms with E-state index >= 15 is 0 Å². The fourth-order valence-corrected chi connectivity index (χ4v) is 2.96. The van der Waals surface area contributed by atoms with E-state index in [-0.39, 0.29) is 5.69 Å². The highest BCUT2D eigenvalue weighted by Gasteiger charge is 2.24. The van der Waals surface area contributed by atoms with Gasteiger partial charge in [0.2, 0.25) is 5.95 Å². The van der Waals surface area contributed by atoms with Crippen LogP contribution in [-0.4, -0.2) is 39.7 Å². The summed E-state index contributed by atoms with van der Waals surface area (Å²) in [6.45, 7) is 4.74. The zero-order chi connectivity index (χ0) is 20.6. The van der Waals surface area contributed by atoms with Crippen molar-refractivity contribution in [1.29, 1.82) is 0 Å². The summed E-state index contributed by atoms with van der Waals surface area (Å²) in [6, 6.07) is 8.67. The van der Waals surface area contributed by atoms with Crippen LogP contribution in [0.2, 0.25) is 0 Å². The first-order chi connectivity index (χ1) is 14.2. The van der Waals surface area contributed by atoms with Crippen molar-refractivity contribution < 1.29 is 19.1 Å². The minimum Gasteiger partial charge on any atom is -0.462 e. The maximum atomic E-state index is 12.8. The molecule has 2 heterocycles. The first-order valence-corrected chi connectivity index (χ1v) is 9.93. The smallest absolute Gasteiger partial charge is 0.355 e. The van der Waals surface area contributed by atoms with Gasteiger partial charge in [0.1, 0.15) is 5.69 Å². The van der Waals surface area contributed by atoms with E-state index in [0.717, 1.165) is 25.7 Å². The van der Waals surface area contributed by atoms with E-state index in [9.17, 15) is 9.59 Å². The van der Waals surface area contributed by atoms with Gasteiger partial charge in [0.05, 0.1) is 24.3 Å². The van der Waals surface area contributed by atoms with Crippen LogP contribution < -0.4 is 0 Å². The molecule has 0 bridgehead atoms. The predicted octanol–water partition coefficient (Wildman–Crippen LogP) is 4.33. The number of hydrogen-bond acceptors (Lipinski definition) is 6. The molecule has 0 atom stereocenters. The zero-order valence-electron chi connectivity index (χ0n) is 16.8. The van der Waals surface area contributed by atoms with E-state index in [4.69, 9.17) is 9.47 Å². The van der Waals surface area contributed by atoms with E-state index in [0.29, 0.717) is 35.6 Å².